The van der Waals surface area contributed by atoms with Crippen molar-refractivity contribution in [2.75, 3.05) is 19.5 Å². The summed E-state index contributed by atoms with van der Waals surface area (Å²) < 4.78 is 15.5. The molecule has 0 spiro atoms. The van der Waals surface area contributed by atoms with Gasteiger partial charge in [0, 0.05) is 10.3 Å². The summed E-state index contributed by atoms with van der Waals surface area (Å²) in [5.74, 6) is 0.391. The Morgan fingerprint density at radius 3 is 2.55 bits per heavy atom. The van der Waals surface area contributed by atoms with Gasteiger partial charge < -0.3 is 29.3 Å². The number of fused-ring (bicyclic) bond motifs is 1. The molecule has 3 atom stereocenters. The van der Waals surface area contributed by atoms with Crippen LogP contribution in [0.2, 0.25) is 0 Å². The van der Waals surface area contributed by atoms with Crippen LogP contribution in [0, 0.1) is 6.92 Å². The lowest BCUT2D eigenvalue weighted by Crippen LogP contribution is -2.75. The predicted molar refractivity (Wildman–Crippen MR) is 116 cm³/mol. The van der Waals surface area contributed by atoms with Gasteiger partial charge in [0.1, 0.15) is 28.3 Å². The van der Waals surface area contributed by atoms with Crippen LogP contribution in [0.1, 0.15) is 26.5 Å². The number of carbonyl (C=O) groups excluding carboxylic acids is 1. The Bertz CT molecular complexity index is 1070. The topological polar surface area (TPSA) is 114 Å². The van der Waals surface area contributed by atoms with Gasteiger partial charge in [-0.15, -0.1) is 11.8 Å². The largest absolute Gasteiger partial charge is 0.493 e. The molecule has 0 saturated carbocycles. The number of anilines is 1. The molecule has 1 aromatic heterocycles. The second-order valence-corrected chi connectivity index (χ2v) is 10.1. The third kappa shape index (κ3) is 3.03. The van der Waals surface area contributed by atoms with Gasteiger partial charge in [0.25, 0.3) is 5.91 Å². The molecule has 0 bridgehead atoms. The van der Waals surface area contributed by atoms with Gasteiger partial charge in [0.15, 0.2) is 17.3 Å². The van der Waals surface area contributed by atoms with E-state index in [4.69, 9.17) is 14.0 Å². The summed E-state index contributed by atoms with van der Waals surface area (Å²) in [6.07, 6.45) is 0. The van der Waals surface area contributed by atoms with Crippen molar-refractivity contribution in [3.8, 4) is 22.8 Å². The summed E-state index contributed by atoms with van der Waals surface area (Å²) in [4.78, 5) is 26.4. The third-order valence-electron chi connectivity index (χ3n) is 5.92. The van der Waals surface area contributed by atoms with E-state index in [1.807, 2.05) is 19.9 Å². The Morgan fingerprint density at radius 2 is 1.94 bits per heavy atom. The Balaban J connectivity index is 1.69. The van der Waals surface area contributed by atoms with E-state index in [9.17, 15) is 14.7 Å². The number of hydrogen-bond donors (Lipinski definition) is 2. The molecule has 2 aliphatic heterocycles. The maximum Gasteiger partial charge on any atom is 0.327 e. The summed E-state index contributed by atoms with van der Waals surface area (Å²) in [6.45, 7) is 7.24. The molecular weight excluding hydrogens is 422 g/mol. The minimum Gasteiger partial charge on any atom is -0.493 e. The first-order valence-corrected chi connectivity index (χ1v) is 10.6. The number of carboxylic acids is 1. The van der Waals surface area contributed by atoms with E-state index in [-0.39, 0.29) is 11.3 Å². The number of hydrogen-bond acceptors (Lipinski definition) is 8. The molecule has 0 unspecified atom stereocenters. The number of amides is 1. The molecule has 9 nitrogen and oxygen atoms in total. The molecule has 166 valence electrons. The van der Waals surface area contributed by atoms with Gasteiger partial charge in [-0.25, -0.2) is 4.79 Å². The van der Waals surface area contributed by atoms with Crippen LogP contribution in [0.4, 0.5) is 5.69 Å². The molecule has 0 radical (unpaired) electrons. The number of ether oxygens (including phenoxy) is 2. The lowest BCUT2D eigenvalue weighted by atomic mass is 9.85. The predicted octanol–water partition coefficient (Wildman–Crippen LogP) is 2.98. The number of nitrogens with zero attached hydrogens (tertiary/aromatic N) is 2. The standard InChI is InChI=1S/C21H25N3O6S/c1-10-14(15(23-30-10)11-7-8-12(28-5)13(9-11)29-6)22-21(4)18(27)24-16(17(25)26)20(2,3)31-19(21)24/h7-9,16,19,22H,1-6H3,(H,25,26)/t16-,19+,21-/m0/s1. The van der Waals surface area contributed by atoms with E-state index in [0.29, 0.717) is 28.6 Å². The monoisotopic (exact) mass is 447 g/mol. The van der Waals surface area contributed by atoms with Crippen molar-refractivity contribution in [1.82, 2.24) is 10.1 Å². The molecule has 10 heteroatoms. The molecule has 0 aliphatic carbocycles. The molecule has 2 aliphatic rings. The van der Waals surface area contributed by atoms with Crippen LogP contribution in [0.25, 0.3) is 11.3 Å². The highest BCUT2D eigenvalue weighted by atomic mass is 32.2. The number of benzene rings is 1. The average molecular weight is 448 g/mol. The first kappa shape index (κ1) is 21.4. The molecule has 4 rings (SSSR count). The highest BCUT2D eigenvalue weighted by Gasteiger charge is 2.69. The Labute approximate surface area is 184 Å². The number of carbonyl (C=O) groups is 2. The Hall–Kier alpha value is -2.88. The summed E-state index contributed by atoms with van der Waals surface area (Å²) in [5, 5.41) is 16.8. The molecule has 2 N–H and O–H groups in total. The van der Waals surface area contributed by atoms with E-state index >= 15 is 0 Å². The number of rotatable bonds is 6. The van der Waals surface area contributed by atoms with E-state index in [2.05, 4.69) is 10.5 Å². The number of thioether (sulfide) groups is 1. The van der Waals surface area contributed by atoms with Crippen LogP contribution in [0.15, 0.2) is 22.7 Å². The van der Waals surface area contributed by atoms with Gasteiger partial charge in [-0.3, -0.25) is 4.79 Å². The first-order valence-electron chi connectivity index (χ1n) is 9.75. The second-order valence-electron chi connectivity index (χ2n) is 8.39. The van der Waals surface area contributed by atoms with Gasteiger partial charge in [-0.2, -0.15) is 0 Å². The van der Waals surface area contributed by atoms with Gasteiger partial charge in [-0.05, 0) is 45.9 Å². The highest BCUT2D eigenvalue weighted by Crippen LogP contribution is 2.56. The maximum absolute atomic E-state index is 13.1. The first-order chi connectivity index (χ1) is 14.5. The van der Waals surface area contributed by atoms with Crippen molar-refractivity contribution in [3.63, 3.8) is 0 Å². The van der Waals surface area contributed by atoms with Crippen LogP contribution in [0.5, 0.6) is 11.5 Å². The van der Waals surface area contributed by atoms with Crippen molar-refractivity contribution >= 4 is 29.3 Å². The number of aliphatic carboxylic acids is 1. The van der Waals surface area contributed by atoms with E-state index < -0.39 is 22.3 Å². The summed E-state index contributed by atoms with van der Waals surface area (Å²) in [7, 11) is 3.11. The van der Waals surface area contributed by atoms with Crippen LogP contribution in [0.3, 0.4) is 0 Å². The van der Waals surface area contributed by atoms with Crippen LogP contribution < -0.4 is 14.8 Å². The van der Waals surface area contributed by atoms with Crippen molar-refractivity contribution < 1.29 is 28.7 Å². The molecule has 2 saturated heterocycles. The van der Waals surface area contributed by atoms with Gasteiger partial charge in [0.2, 0.25) is 0 Å². The second kappa shape index (κ2) is 7.08. The molecule has 1 amide bonds. The fourth-order valence-electron chi connectivity index (χ4n) is 4.30. The minimum absolute atomic E-state index is 0.262. The number of carboxylic acid groups (broad SMARTS) is 1. The van der Waals surface area contributed by atoms with Crippen molar-refractivity contribution in [2.24, 2.45) is 0 Å². The number of aryl methyl sites for hydroxylation is 1. The third-order valence-corrected chi connectivity index (χ3v) is 7.67. The van der Waals surface area contributed by atoms with Gasteiger partial charge >= 0.3 is 5.97 Å². The lowest BCUT2D eigenvalue weighted by molar-refractivity contribution is -0.163. The molecule has 2 aromatic rings. The summed E-state index contributed by atoms with van der Waals surface area (Å²) in [6, 6.07) is 4.51. The molecule has 3 heterocycles. The molecular formula is C21H25N3O6S. The highest BCUT2D eigenvalue weighted by molar-refractivity contribution is 8.01. The van der Waals surface area contributed by atoms with Crippen molar-refractivity contribution in [3.05, 3.63) is 24.0 Å². The lowest BCUT2D eigenvalue weighted by Gasteiger charge is -2.51. The fraction of sp³-hybridized carbons (Fsp3) is 0.476. The molecule has 2 fully saturated rings. The number of nitrogens with one attached hydrogen (secondary N) is 1. The number of β-lactam (4-membered cyclic amide) rings is 1. The molecule has 31 heavy (non-hydrogen) atoms. The average Bonchev–Trinajstić information content (AvgIpc) is 3.22. The SMILES string of the molecule is COc1ccc(-c2noc(C)c2N[C@@]2(C)C(=O)N3[C@@H](C(=O)O)C(C)(C)S[C@@H]32)cc1OC. The fourth-order valence-corrected chi connectivity index (χ4v) is 5.94. The zero-order valence-electron chi connectivity index (χ0n) is 18.2. The van der Waals surface area contributed by atoms with Crippen LogP contribution in [-0.4, -0.2) is 63.0 Å². The van der Waals surface area contributed by atoms with Crippen molar-refractivity contribution in [2.45, 2.75) is 49.4 Å². The van der Waals surface area contributed by atoms with E-state index in [1.54, 1.807) is 40.2 Å². The Kier molecular flexibility index (Phi) is 4.88. The maximum atomic E-state index is 13.1. The summed E-state index contributed by atoms with van der Waals surface area (Å²) >= 11 is 1.48. The zero-order chi connectivity index (χ0) is 22.7. The van der Waals surface area contributed by atoms with Crippen molar-refractivity contribution in [1.29, 1.82) is 0 Å². The minimum atomic E-state index is -0.998. The number of aromatic nitrogens is 1. The smallest absolute Gasteiger partial charge is 0.327 e. The zero-order valence-corrected chi connectivity index (χ0v) is 19.0. The molecule has 1 aromatic carbocycles. The van der Waals surface area contributed by atoms with Crippen LogP contribution in [-0.2, 0) is 9.59 Å². The van der Waals surface area contributed by atoms with E-state index in [0.717, 1.165) is 5.56 Å². The normalized spacial score (nSPS) is 26.3. The Morgan fingerprint density at radius 1 is 1.26 bits per heavy atom. The summed E-state index contributed by atoms with van der Waals surface area (Å²) in [5.41, 5.74) is 0.850. The quantitative estimate of drug-likeness (QED) is 0.645. The van der Waals surface area contributed by atoms with E-state index in [1.165, 1.54) is 16.7 Å². The van der Waals surface area contributed by atoms with Crippen LogP contribution >= 0.6 is 11.8 Å². The van der Waals surface area contributed by atoms with Gasteiger partial charge in [-0.1, -0.05) is 5.16 Å². The van der Waals surface area contributed by atoms with Gasteiger partial charge in [0.05, 0.1) is 14.2 Å². The number of methoxy groups -OCH3 is 2.